The van der Waals surface area contributed by atoms with E-state index in [0.29, 0.717) is 0 Å². The Hall–Kier alpha value is -2.34. The van der Waals surface area contributed by atoms with E-state index in [9.17, 15) is 8.42 Å². The van der Waals surface area contributed by atoms with Crippen molar-refractivity contribution in [1.82, 2.24) is 8.96 Å². The van der Waals surface area contributed by atoms with Gasteiger partial charge in [0, 0.05) is 16.4 Å². The van der Waals surface area contributed by atoms with Gasteiger partial charge in [-0.2, -0.15) is 0 Å². The average molecular weight is 321 g/mol. The molecule has 0 N–H and O–H groups in total. The SMILES string of the molecule is [2H]C([2H])([2H])C([2H])([2H])Oc1ccc2c(ccn2S(=O)(=O)c2ccc(C)cc2)n1. The molecular formula is C16H16N2O3S. The van der Waals surface area contributed by atoms with Gasteiger partial charge in [0.05, 0.1) is 25.2 Å². The van der Waals surface area contributed by atoms with Crippen LogP contribution in [-0.4, -0.2) is 23.9 Å². The Kier molecular flexibility index (Phi) is 2.39. The normalized spacial score (nSPS) is 16.3. The van der Waals surface area contributed by atoms with Crippen molar-refractivity contribution < 1.29 is 20.0 Å². The van der Waals surface area contributed by atoms with Gasteiger partial charge in [-0.3, -0.25) is 0 Å². The first-order chi connectivity index (χ1) is 12.4. The van der Waals surface area contributed by atoms with Crippen LogP contribution in [0.1, 0.15) is 19.3 Å². The molecule has 0 fully saturated rings. The minimum Gasteiger partial charge on any atom is -0.478 e. The van der Waals surface area contributed by atoms with Gasteiger partial charge in [-0.15, -0.1) is 0 Å². The van der Waals surface area contributed by atoms with E-state index >= 15 is 0 Å². The fourth-order valence-corrected chi connectivity index (χ4v) is 3.46. The van der Waals surface area contributed by atoms with E-state index < -0.39 is 23.4 Å². The third-order valence-electron chi connectivity index (χ3n) is 3.22. The second-order valence-electron chi connectivity index (χ2n) is 4.69. The molecule has 0 spiro atoms. The van der Waals surface area contributed by atoms with Crippen LogP contribution in [0.25, 0.3) is 11.0 Å². The summed E-state index contributed by atoms with van der Waals surface area (Å²) in [5.74, 6) is -0.255. The maximum atomic E-state index is 12.8. The van der Waals surface area contributed by atoms with Crippen molar-refractivity contribution >= 4 is 21.1 Å². The summed E-state index contributed by atoms with van der Waals surface area (Å²) in [6.07, 6.45) is 1.33. The number of ether oxygens (including phenoxy) is 1. The van der Waals surface area contributed by atoms with Crippen LogP contribution in [0.5, 0.6) is 5.88 Å². The zero-order valence-electron chi connectivity index (χ0n) is 16.6. The van der Waals surface area contributed by atoms with Crippen LogP contribution < -0.4 is 4.74 Å². The maximum Gasteiger partial charge on any atom is 0.268 e. The summed E-state index contributed by atoms with van der Waals surface area (Å²) >= 11 is 0. The van der Waals surface area contributed by atoms with E-state index in [-0.39, 0.29) is 21.8 Å². The van der Waals surface area contributed by atoms with Crippen LogP contribution in [0.4, 0.5) is 0 Å². The minimum atomic E-state index is -3.84. The third-order valence-corrected chi connectivity index (χ3v) is 4.92. The fraction of sp³-hybridized carbons (Fsp3) is 0.188. The highest BCUT2D eigenvalue weighted by Crippen LogP contribution is 2.23. The van der Waals surface area contributed by atoms with Crippen molar-refractivity contribution in [2.75, 3.05) is 6.56 Å². The predicted molar refractivity (Wildman–Crippen MR) is 84.7 cm³/mol. The van der Waals surface area contributed by atoms with Gasteiger partial charge in [0.25, 0.3) is 10.0 Å². The van der Waals surface area contributed by atoms with Gasteiger partial charge in [-0.25, -0.2) is 17.4 Å². The van der Waals surface area contributed by atoms with Gasteiger partial charge < -0.3 is 4.74 Å². The number of aryl methyl sites for hydroxylation is 1. The van der Waals surface area contributed by atoms with Crippen molar-refractivity contribution in [2.24, 2.45) is 0 Å². The number of hydrogen-bond acceptors (Lipinski definition) is 4. The minimum absolute atomic E-state index is 0.115. The summed E-state index contributed by atoms with van der Waals surface area (Å²) in [7, 11) is -3.84. The molecule has 2 aromatic heterocycles. The first kappa shape index (κ1) is 9.63. The van der Waals surface area contributed by atoms with Crippen LogP contribution in [0.15, 0.2) is 53.6 Å². The van der Waals surface area contributed by atoms with Crippen molar-refractivity contribution in [3.8, 4) is 5.88 Å². The molecule has 0 aliphatic heterocycles. The molecule has 1 aromatic carbocycles. The Balaban J connectivity index is 2.00. The molecule has 0 aliphatic rings. The number of pyridine rings is 1. The Bertz CT molecular complexity index is 1090. The topological polar surface area (TPSA) is 61.2 Å². The molecule has 0 saturated carbocycles. The summed E-state index contributed by atoms with van der Waals surface area (Å²) in [5.41, 5.74) is 1.42. The van der Waals surface area contributed by atoms with Gasteiger partial charge in [0.15, 0.2) is 0 Å². The van der Waals surface area contributed by atoms with Gasteiger partial charge in [-0.1, -0.05) is 17.7 Å². The zero-order valence-corrected chi connectivity index (χ0v) is 12.5. The molecule has 0 aliphatic carbocycles. The molecule has 0 amide bonds. The lowest BCUT2D eigenvalue weighted by Gasteiger charge is -2.08. The lowest BCUT2D eigenvalue weighted by Crippen LogP contribution is -2.11. The molecule has 6 heteroatoms. The Morgan fingerprint density at radius 3 is 2.73 bits per heavy atom. The molecule has 22 heavy (non-hydrogen) atoms. The average Bonchev–Trinajstić information content (AvgIpc) is 2.97. The van der Waals surface area contributed by atoms with Gasteiger partial charge >= 0.3 is 0 Å². The number of aromatic nitrogens is 2. The molecule has 3 aromatic rings. The molecule has 0 saturated heterocycles. The molecule has 0 bridgehead atoms. The highest BCUT2D eigenvalue weighted by atomic mass is 32.2. The van der Waals surface area contributed by atoms with Crippen molar-refractivity contribution in [1.29, 1.82) is 0 Å². The first-order valence-electron chi connectivity index (χ1n) is 8.91. The largest absolute Gasteiger partial charge is 0.478 e. The van der Waals surface area contributed by atoms with Crippen molar-refractivity contribution in [3.63, 3.8) is 0 Å². The van der Waals surface area contributed by atoms with Crippen LogP contribution in [-0.2, 0) is 10.0 Å². The smallest absolute Gasteiger partial charge is 0.268 e. The third kappa shape index (κ3) is 2.46. The number of rotatable bonds is 4. The summed E-state index contributed by atoms with van der Waals surface area (Å²) in [5, 5.41) is 0. The van der Waals surface area contributed by atoms with E-state index in [1.807, 2.05) is 6.92 Å². The maximum absolute atomic E-state index is 12.8. The lowest BCUT2D eigenvalue weighted by atomic mass is 10.2. The molecule has 114 valence electrons. The summed E-state index contributed by atoms with van der Waals surface area (Å²) in [6, 6.07) is 10.4. The van der Waals surface area contributed by atoms with Gasteiger partial charge in [0.1, 0.15) is 0 Å². The molecule has 0 radical (unpaired) electrons. The van der Waals surface area contributed by atoms with Crippen LogP contribution in [0.3, 0.4) is 0 Å². The zero-order chi connectivity index (χ0) is 20.0. The molecule has 0 atom stereocenters. The second kappa shape index (κ2) is 5.46. The molecule has 2 heterocycles. The second-order valence-corrected chi connectivity index (χ2v) is 6.50. The van der Waals surface area contributed by atoms with E-state index in [4.69, 9.17) is 11.6 Å². The molecule has 0 unspecified atom stereocenters. The molecule has 5 nitrogen and oxygen atoms in total. The van der Waals surface area contributed by atoms with E-state index in [1.54, 1.807) is 12.1 Å². The quantitative estimate of drug-likeness (QED) is 0.741. The first-order valence-corrected chi connectivity index (χ1v) is 7.85. The Labute approximate surface area is 136 Å². The van der Waals surface area contributed by atoms with Gasteiger partial charge in [-0.05, 0) is 38.0 Å². The van der Waals surface area contributed by atoms with E-state index in [1.165, 1.54) is 36.5 Å². The van der Waals surface area contributed by atoms with E-state index in [0.717, 1.165) is 9.54 Å². The summed E-state index contributed by atoms with van der Waals surface area (Å²) in [4.78, 5) is 4.13. The number of fused-ring (bicyclic) bond motifs is 1. The van der Waals surface area contributed by atoms with Crippen LogP contribution >= 0.6 is 0 Å². The number of benzene rings is 1. The highest BCUT2D eigenvalue weighted by Gasteiger charge is 2.19. The standard InChI is InChI=1S/C16H16N2O3S/c1-3-21-16-9-8-15-14(17-16)10-11-18(15)22(19,20)13-6-4-12(2)5-7-13/h4-11H,3H2,1-2H3/i1D3,3D2. The van der Waals surface area contributed by atoms with Crippen LogP contribution in [0.2, 0.25) is 0 Å². The monoisotopic (exact) mass is 321 g/mol. The summed E-state index contributed by atoms with van der Waals surface area (Å²) in [6.45, 7) is -4.07. The highest BCUT2D eigenvalue weighted by molar-refractivity contribution is 7.90. The number of nitrogens with zero attached hydrogens (tertiary/aromatic N) is 2. The molecule has 3 rings (SSSR count). The van der Waals surface area contributed by atoms with Crippen LogP contribution in [0, 0.1) is 6.92 Å². The Morgan fingerprint density at radius 1 is 1.23 bits per heavy atom. The Morgan fingerprint density at radius 2 is 2.00 bits per heavy atom. The molecular weight excluding hydrogens is 300 g/mol. The van der Waals surface area contributed by atoms with Crippen molar-refractivity contribution in [3.05, 3.63) is 54.2 Å². The fourth-order valence-electron chi connectivity index (χ4n) is 2.12. The lowest BCUT2D eigenvalue weighted by molar-refractivity contribution is 0.328. The summed E-state index contributed by atoms with van der Waals surface area (Å²) < 4.78 is 68.1. The predicted octanol–water partition coefficient (Wildman–Crippen LogP) is 2.98. The van der Waals surface area contributed by atoms with Gasteiger partial charge in [0.2, 0.25) is 5.88 Å². The van der Waals surface area contributed by atoms with Crippen molar-refractivity contribution in [2.45, 2.75) is 18.7 Å². The number of hydrogen-bond donors (Lipinski definition) is 0. The van der Waals surface area contributed by atoms with E-state index in [2.05, 4.69) is 4.98 Å².